The van der Waals surface area contributed by atoms with E-state index in [0.717, 1.165) is 18.5 Å². The molecule has 1 aromatic carbocycles. The van der Waals surface area contributed by atoms with Gasteiger partial charge in [0.1, 0.15) is 0 Å². The van der Waals surface area contributed by atoms with Gasteiger partial charge in [0.2, 0.25) is 0 Å². The molecule has 0 heterocycles. The number of carboxylic acid groups (broad SMARTS) is 1. The number of aliphatic carboxylic acids is 1. The van der Waals surface area contributed by atoms with E-state index in [4.69, 9.17) is 10.8 Å². The summed E-state index contributed by atoms with van der Waals surface area (Å²) in [6.45, 7) is 0. The predicted octanol–water partition coefficient (Wildman–Crippen LogP) is 1.75. The average Bonchev–Trinajstić information content (AvgIpc) is 2.88. The minimum Gasteiger partial charge on any atom is -0.481 e. The van der Waals surface area contributed by atoms with Crippen molar-refractivity contribution in [1.29, 1.82) is 0 Å². The molecular formula is C10H13NO2. The van der Waals surface area contributed by atoms with E-state index in [2.05, 4.69) is 0 Å². The Hall–Kier alpha value is -1.51. The van der Waals surface area contributed by atoms with Gasteiger partial charge in [0, 0.05) is 5.69 Å². The van der Waals surface area contributed by atoms with Gasteiger partial charge < -0.3 is 10.8 Å². The summed E-state index contributed by atoms with van der Waals surface area (Å²) in [4.78, 5) is 9.76. The van der Waals surface area contributed by atoms with E-state index < -0.39 is 5.97 Å². The van der Waals surface area contributed by atoms with Crippen molar-refractivity contribution in [3.8, 4) is 0 Å². The number of benzene rings is 1. The second kappa shape index (κ2) is 4.50. The van der Waals surface area contributed by atoms with Gasteiger partial charge in [-0.1, -0.05) is 18.2 Å². The molecule has 0 spiro atoms. The molecule has 0 radical (unpaired) electrons. The summed E-state index contributed by atoms with van der Waals surface area (Å²) < 4.78 is 0. The normalized spacial score (nSPS) is 14.2. The number of nitrogens with two attached hydrogens (primary N) is 1. The molecule has 1 aromatic rings. The van der Waals surface area contributed by atoms with E-state index in [0.29, 0.717) is 0 Å². The number of para-hydroxylation sites is 1. The van der Waals surface area contributed by atoms with Crippen molar-refractivity contribution < 1.29 is 9.90 Å². The predicted molar refractivity (Wildman–Crippen MR) is 51.2 cm³/mol. The molecular weight excluding hydrogens is 166 g/mol. The van der Waals surface area contributed by atoms with Crippen LogP contribution in [0.1, 0.15) is 12.8 Å². The summed E-state index contributed by atoms with van der Waals surface area (Å²) in [7, 11) is 0. The van der Waals surface area contributed by atoms with E-state index in [1.165, 1.54) is 0 Å². The Morgan fingerprint density at radius 1 is 1.31 bits per heavy atom. The van der Waals surface area contributed by atoms with Crippen LogP contribution in [-0.2, 0) is 4.79 Å². The van der Waals surface area contributed by atoms with Crippen LogP contribution in [-0.4, -0.2) is 11.1 Å². The highest BCUT2D eigenvalue weighted by molar-refractivity contribution is 5.72. The van der Waals surface area contributed by atoms with Gasteiger partial charge in [-0.05, 0) is 25.0 Å². The Morgan fingerprint density at radius 2 is 1.85 bits per heavy atom. The van der Waals surface area contributed by atoms with Crippen LogP contribution >= 0.6 is 0 Å². The molecule has 0 amide bonds. The van der Waals surface area contributed by atoms with Crippen LogP contribution in [0.15, 0.2) is 30.3 Å². The SMILES string of the molecule is Nc1ccccc1.O=C(O)C1CC1. The van der Waals surface area contributed by atoms with Crippen LogP contribution in [0.25, 0.3) is 0 Å². The minimum atomic E-state index is -0.630. The minimum absolute atomic E-state index is 0.0185. The molecule has 0 bridgehead atoms. The third kappa shape index (κ3) is 4.15. The van der Waals surface area contributed by atoms with E-state index >= 15 is 0 Å². The van der Waals surface area contributed by atoms with Crippen LogP contribution in [0.3, 0.4) is 0 Å². The van der Waals surface area contributed by atoms with Crippen LogP contribution in [0.5, 0.6) is 0 Å². The largest absolute Gasteiger partial charge is 0.481 e. The number of hydrogen-bond donors (Lipinski definition) is 2. The molecule has 1 saturated carbocycles. The quantitative estimate of drug-likeness (QED) is 0.645. The van der Waals surface area contributed by atoms with Gasteiger partial charge in [-0.2, -0.15) is 0 Å². The molecule has 13 heavy (non-hydrogen) atoms. The molecule has 1 aliphatic carbocycles. The smallest absolute Gasteiger partial charge is 0.306 e. The van der Waals surface area contributed by atoms with Crippen LogP contribution in [0, 0.1) is 5.92 Å². The first kappa shape index (κ1) is 9.58. The highest BCUT2D eigenvalue weighted by Crippen LogP contribution is 2.28. The molecule has 0 aromatic heterocycles. The van der Waals surface area contributed by atoms with Crippen LogP contribution in [0.4, 0.5) is 5.69 Å². The molecule has 3 nitrogen and oxygen atoms in total. The van der Waals surface area contributed by atoms with E-state index in [1.807, 2.05) is 30.3 Å². The van der Waals surface area contributed by atoms with Crippen molar-refractivity contribution in [3.63, 3.8) is 0 Å². The Kier molecular flexibility index (Phi) is 3.31. The highest BCUT2D eigenvalue weighted by Gasteiger charge is 2.28. The highest BCUT2D eigenvalue weighted by atomic mass is 16.4. The van der Waals surface area contributed by atoms with Gasteiger partial charge in [0.25, 0.3) is 0 Å². The number of carboxylic acids is 1. The Morgan fingerprint density at radius 3 is 2.00 bits per heavy atom. The van der Waals surface area contributed by atoms with Crippen molar-refractivity contribution in [1.82, 2.24) is 0 Å². The first-order chi connectivity index (χ1) is 6.20. The molecule has 1 fully saturated rings. The van der Waals surface area contributed by atoms with Gasteiger partial charge in [0.05, 0.1) is 5.92 Å². The van der Waals surface area contributed by atoms with E-state index in [9.17, 15) is 4.79 Å². The van der Waals surface area contributed by atoms with Crippen molar-refractivity contribution >= 4 is 11.7 Å². The summed E-state index contributed by atoms with van der Waals surface area (Å²) in [5.74, 6) is -0.611. The molecule has 0 unspecified atom stereocenters. The maximum absolute atomic E-state index is 9.76. The third-order valence-corrected chi connectivity index (χ3v) is 1.73. The van der Waals surface area contributed by atoms with E-state index in [-0.39, 0.29) is 5.92 Å². The number of carbonyl (C=O) groups is 1. The summed E-state index contributed by atoms with van der Waals surface area (Å²) in [5.41, 5.74) is 6.18. The lowest BCUT2D eigenvalue weighted by molar-refractivity contribution is -0.138. The van der Waals surface area contributed by atoms with Gasteiger partial charge in [-0.25, -0.2) is 0 Å². The maximum atomic E-state index is 9.76. The van der Waals surface area contributed by atoms with Crippen molar-refractivity contribution in [2.45, 2.75) is 12.8 Å². The number of rotatable bonds is 1. The van der Waals surface area contributed by atoms with Gasteiger partial charge >= 0.3 is 5.97 Å². The van der Waals surface area contributed by atoms with Gasteiger partial charge in [-0.15, -0.1) is 0 Å². The van der Waals surface area contributed by atoms with Crippen molar-refractivity contribution in [2.24, 2.45) is 5.92 Å². The lowest BCUT2D eigenvalue weighted by Crippen LogP contribution is -1.94. The lowest BCUT2D eigenvalue weighted by atomic mass is 10.3. The number of hydrogen-bond acceptors (Lipinski definition) is 2. The molecule has 0 aliphatic heterocycles. The monoisotopic (exact) mass is 179 g/mol. The zero-order valence-electron chi connectivity index (χ0n) is 7.31. The van der Waals surface area contributed by atoms with Crippen molar-refractivity contribution in [3.05, 3.63) is 30.3 Å². The Labute approximate surface area is 77.2 Å². The fourth-order valence-corrected chi connectivity index (χ4v) is 0.783. The van der Waals surface area contributed by atoms with Gasteiger partial charge in [-0.3, -0.25) is 4.79 Å². The molecule has 0 atom stereocenters. The molecule has 2 rings (SSSR count). The summed E-state index contributed by atoms with van der Waals surface area (Å²) in [6, 6.07) is 9.49. The second-order valence-electron chi connectivity index (χ2n) is 3.02. The molecule has 0 saturated heterocycles. The first-order valence-corrected chi connectivity index (χ1v) is 4.23. The maximum Gasteiger partial charge on any atom is 0.306 e. The zero-order valence-corrected chi connectivity index (χ0v) is 7.31. The topological polar surface area (TPSA) is 63.3 Å². The summed E-state index contributed by atoms with van der Waals surface area (Å²) in [5, 5.41) is 8.05. The Balaban J connectivity index is 0.000000132. The molecule has 3 N–H and O–H groups in total. The second-order valence-corrected chi connectivity index (χ2v) is 3.02. The fraction of sp³-hybridized carbons (Fsp3) is 0.300. The summed E-state index contributed by atoms with van der Waals surface area (Å²) in [6.07, 6.45) is 1.80. The van der Waals surface area contributed by atoms with Crippen molar-refractivity contribution in [2.75, 3.05) is 5.73 Å². The third-order valence-electron chi connectivity index (χ3n) is 1.73. The lowest BCUT2D eigenvalue weighted by Gasteiger charge is -1.83. The van der Waals surface area contributed by atoms with Gasteiger partial charge in [0.15, 0.2) is 0 Å². The molecule has 70 valence electrons. The molecule has 3 heteroatoms. The van der Waals surface area contributed by atoms with E-state index in [1.54, 1.807) is 0 Å². The fourth-order valence-electron chi connectivity index (χ4n) is 0.783. The molecule has 1 aliphatic rings. The standard InChI is InChI=1S/C6H7N.C4H6O2/c7-6-4-2-1-3-5-6;5-4(6)3-1-2-3/h1-5H,7H2;3H,1-2H2,(H,5,6). The zero-order chi connectivity index (χ0) is 9.68. The average molecular weight is 179 g/mol. The number of nitrogen functional groups attached to an aromatic ring is 1. The number of anilines is 1. The van der Waals surface area contributed by atoms with Crippen LogP contribution in [0.2, 0.25) is 0 Å². The summed E-state index contributed by atoms with van der Waals surface area (Å²) >= 11 is 0. The van der Waals surface area contributed by atoms with Crippen LogP contribution < -0.4 is 5.73 Å². The first-order valence-electron chi connectivity index (χ1n) is 4.23. The Bertz CT molecular complexity index is 268.